The largest absolute Gasteiger partial charge is 0.497 e. The van der Waals surface area contributed by atoms with E-state index in [1.54, 1.807) is 14.2 Å². The predicted octanol–water partition coefficient (Wildman–Crippen LogP) is 2.52. The highest BCUT2D eigenvalue weighted by Gasteiger charge is 2.02. The Morgan fingerprint density at radius 1 is 1.14 bits per heavy atom. The maximum absolute atomic E-state index is 5.10. The van der Waals surface area contributed by atoms with Crippen LogP contribution in [0.15, 0.2) is 24.3 Å². The molecule has 0 heterocycles. The summed E-state index contributed by atoms with van der Waals surface area (Å²) in [5, 5.41) is 0. The molecule has 0 fully saturated rings. The average Bonchev–Trinajstić information content (AvgIpc) is 2.19. The maximum atomic E-state index is 5.10. The van der Waals surface area contributed by atoms with E-state index in [2.05, 4.69) is 19.1 Å². The lowest BCUT2D eigenvalue weighted by atomic mass is 10.0. The van der Waals surface area contributed by atoms with Gasteiger partial charge >= 0.3 is 0 Å². The Morgan fingerprint density at radius 3 is 2.29 bits per heavy atom. The molecule has 1 rings (SSSR count). The van der Waals surface area contributed by atoms with Crippen molar-refractivity contribution in [3.63, 3.8) is 0 Å². The van der Waals surface area contributed by atoms with Gasteiger partial charge in [0, 0.05) is 13.7 Å². The molecule has 0 aliphatic heterocycles. The van der Waals surface area contributed by atoms with Gasteiger partial charge in [-0.1, -0.05) is 19.1 Å². The lowest BCUT2D eigenvalue weighted by molar-refractivity contribution is 0.159. The van der Waals surface area contributed by atoms with Gasteiger partial charge in [0.15, 0.2) is 0 Å². The zero-order valence-electron chi connectivity index (χ0n) is 9.12. The molecular formula is C12H18O2. The second kappa shape index (κ2) is 5.66. The highest BCUT2D eigenvalue weighted by Crippen LogP contribution is 2.14. The van der Waals surface area contributed by atoms with Crippen LogP contribution in [0.25, 0.3) is 0 Å². The van der Waals surface area contributed by atoms with Crippen molar-refractivity contribution >= 4 is 0 Å². The van der Waals surface area contributed by atoms with Crippen LogP contribution >= 0.6 is 0 Å². The van der Waals surface area contributed by atoms with Gasteiger partial charge < -0.3 is 9.47 Å². The summed E-state index contributed by atoms with van der Waals surface area (Å²) >= 11 is 0. The van der Waals surface area contributed by atoms with E-state index >= 15 is 0 Å². The van der Waals surface area contributed by atoms with E-state index in [0.717, 1.165) is 18.8 Å². The summed E-state index contributed by atoms with van der Waals surface area (Å²) in [6, 6.07) is 8.19. The Kier molecular flexibility index (Phi) is 4.47. The van der Waals surface area contributed by atoms with Crippen molar-refractivity contribution in [2.24, 2.45) is 5.92 Å². The molecule has 1 aromatic carbocycles. The fourth-order valence-electron chi connectivity index (χ4n) is 1.51. The zero-order valence-corrected chi connectivity index (χ0v) is 9.12. The summed E-state index contributed by atoms with van der Waals surface area (Å²) in [5.41, 5.74) is 1.33. The molecule has 1 unspecified atom stereocenters. The quantitative estimate of drug-likeness (QED) is 0.717. The highest BCUT2D eigenvalue weighted by atomic mass is 16.5. The second-order valence-corrected chi connectivity index (χ2v) is 3.61. The SMILES string of the molecule is COCC(C)Cc1ccc(OC)cc1. The third-order valence-electron chi connectivity index (χ3n) is 2.19. The molecule has 0 radical (unpaired) electrons. The van der Waals surface area contributed by atoms with E-state index in [1.165, 1.54) is 5.56 Å². The summed E-state index contributed by atoms with van der Waals surface area (Å²) in [5.74, 6) is 1.47. The molecule has 1 aromatic rings. The molecule has 1 atom stereocenters. The van der Waals surface area contributed by atoms with E-state index in [4.69, 9.17) is 9.47 Å². The summed E-state index contributed by atoms with van der Waals surface area (Å²) in [6.07, 6.45) is 1.05. The van der Waals surface area contributed by atoms with Crippen molar-refractivity contribution in [2.75, 3.05) is 20.8 Å². The minimum absolute atomic E-state index is 0.563. The van der Waals surface area contributed by atoms with Crippen LogP contribution < -0.4 is 4.74 Å². The number of hydrogen-bond donors (Lipinski definition) is 0. The maximum Gasteiger partial charge on any atom is 0.118 e. The van der Waals surface area contributed by atoms with Crippen LogP contribution in [0.5, 0.6) is 5.75 Å². The first-order valence-electron chi connectivity index (χ1n) is 4.88. The average molecular weight is 194 g/mol. The fraction of sp³-hybridized carbons (Fsp3) is 0.500. The molecule has 0 amide bonds. The molecule has 0 aromatic heterocycles. The molecule has 78 valence electrons. The topological polar surface area (TPSA) is 18.5 Å². The van der Waals surface area contributed by atoms with Gasteiger partial charge in [-0.15, -0.1) is 0 Å². The Hall–Kier alpha value is -1.02. The van der Waals surface area contributed by atoms with Crippen LogP contribution in [0.4, 0.5) is 0 Å². The molecule has 0 aliphatic carbocycles. The lowest BCUT2D eigenvalue weighted by Crippen LogP contribution is -2.06. The van der Waals surface area contributed by atoms with E-state index in [1.807, 2.05) is 12.1 Å². The predicted molar refractivity (Wildman–Crippen MR) is 57.7 cm³/mol. The Balaban J connectivity index is 2.50. The van der Waals surface area contributed by atoms with E-state index in [9.17, 15) is 0 Å². The Bertz CT molecular complexity index is 254. The summed E-state index contributed by atoms with van der Waals surface area (Å²) < 4.78 is 10.2. The molecule has 14 heavy (non-hydrogen) atoms. The highest BCUT2D eigenvalue weighted by molar-refractivity contribution is 5.27. The van der Waals surface area contributed by atoms with Crippen LogP contribution in [-0.2, 0) is 11.2 Å². The van der Waals surface area contributed by atoms with Crippen LogP contribution in [-0.4, -0.2) is 20.8 Å². The molecule has 0 saturated heterocycles. The monoisotopic (exact) mass is 194 g/mol. The molecular weight excluding hydrogens is 176 g/mol. The Labute approximate surface area is 85.8 Å². The molecule has 2 nitrogen and oxygen atoms in total. The van der Waals surface area contributed by atoms with Crippen LogP contribution in [0.3, 0.4) is 0 Å². The number of ether oxygens (including phenoxy) is 2. The van der Waals surface area contributed by atoms with Gasteiger partial charge in [-0.05, 0) is 30.0 Å². The first-order valence-corrected chi connectivity index (χ1v) is 4.88. The lowest BCUT2D eigenvalue weighted by Gasteiger charge is -2.10. The van der Waals surface area contributed by atoms with Gasteiger partial charge in [0.25, 0.3) is 0 Å². The number of hydrogen-bond acceptors (Lipinski definition) is 2. The first kappa shape index (κ1) is 11.1. The van der Waals surface area contributed by atoms with Crippen molar-refractivity contribution in [1.29, 1.82) is 0 Å². The van der Waals surface area contributed by atoms with Gasteiger partial charge in [0.2, 0.25) is 0 Å². The van der Waals surface area contributed by atoms with E-state index in [0.29, 0.717) is 5.92 Å². The molecule has 0 spiro atoms. The third-order valence-corrected chi connectivity index (χ3v) is 2.19. The van der Waals surface area contributed by atoms with E-state index in [-0.39, 0.29) is 0 Å². The van der Waals surface area contributed by atoms with Gasteiger partial charge in [-0.3, -0.25) is 0 Å². The van der Waals surface area contributed by atoms with Crippen molar-refractivity contribution in [2.45, 2.75) is 13.3 Å². The Morgan fingerprint density at radius 2 is 1.79 bits per heavy atom. The number of methoxy groups -OCH3 is 2. The van der Waals surface area contributed by atoms with Crippen molar-refractivity contribution in [1.82, 2.24) is 0 Å². The van der Waals surface area contributed by atoms with Crippen LogP contribution in [0, 0.1) is 5.92 Å². The third kappa shape index (κ3) is 3.38. The second-order valence-electron chi connectivity index (χ2n) is 3.61. The minimum Gasteiger partial charge on any atom is -0.497 e. The zero-order chi connectivity index (χ0) is 10.4. The van der Waals surface area contributed by atoms with Gasteiger partial charge in [0.05, 0.1) is 7.11 Å². The molecule has 2 heteroatoms. The van der Waals surface area contributed by atoms with Crippen molar-refractivity contribution in [3.8, 4) is 5.75 Å². The van der Waals surface area contributed by atoms with Crippen LogP contribution in [0.2, 0.25) is 0 Å². The van der Waals surface area contributed by atoms with Crippen molar-refractivity contribution < 1.29 is 9.47 Å². The number of benzene rings is 1. The van der Waals surface area contributed by atoms with Gasteiger partial charge in [-0.25, -0.2) is 0 Å². The minimum atomic E-state index is 0.563. The van der Waals surface area contributed by atoms with Crippen molar-refractivity contribution in [3.05, 3.63) is 29.8 Å². The molecule has 0 aliphatic rings. The van der Waals surface area contributed by atoms with Gasteiger partial charge in [-0.2, -0.15) is 0 Å². The number of rotatable bonds is 5. The first-order chi connectivity index (χ1) is 6.76. The summed E-state index contributed by atoms with van der Waals surface area (Å²) in [6.45, 7) is 3.00. The smallest absolute Gasteiger partial charge is 0.118 e. The summed E-state index contributed by atoms with van der Waals surface area (Å²) in [7, 11) is 3.42. The normalized spacial score (nSPS) is 12.5. The fourth-order valence-corrected chi connectivity index (χ4v) is 1.51. The van der Waals surface area contributed by atoms with E-state index < -0.39 is 0 Å². The van der Waals surface area contributed by atoms with Gasteiger partial charge in [0.1, 0.15) is 5.75 Å². The molecule has 0 N–H and O–H groups in total. The van der Waals surface area contributed by atoms with Crippen LogP contribution in [0.1, 0.15) is 12.5 Å². The molecule has 0 bridgehead atoms. The summed E-state index contributed by atoms with van der Waals surface area (Å²) in [4.78, 5) is 0. The molecule has 0 saturated carbocycles. The standard InChI is InChI=1S/C12H18O2/c1-10(9-13-2)8-11-4-6-12(14-3)7-5-11/h4-7,10H,8-9H2,1-3H3.